The van der Waals surface area contributed by atoms with Crippen LogP contribution in [0.2, 0.25) is 0 Å². The Labute approximate surface area is 226 Å². The summed E-state index contributed by atoms with van der Waals surface area (Å²) in [7, 11) is 0. The van der Waals surface area contributed by atoms with Crippen LogP contribution in [0.4, 0.5) is 5.25 Å². The first-order chi connectivity index (χ1) is 17.1. The van der Waals surface area contributed by atoms with Crippen LogP contribution >= 0.6 is 0 Å². The maximum atomic E-state index is 18.2. The van der Waals surface area contributed by atoms with Crippen molar-refractivity contribution in [2.45, 2.75) is 107 Å². The molecule has 200 valence electrons. The van der Waals surface area contributed by atoms with E-state index in [2.05, 4.69) is 91.8 Å². The molecule has 2 unspecified atom stereocenters. The molecule has 0 fully saturated rings. The molecule has 37 heavy (non-hydrogen) atoms. The number of halogens is 2. The van der Waals surface area contributed by atoms with E-state index < -0.39 is 26.8 Å². The third-order valence-corrected chi connectivity index (χ3v) is 20.9. The Kier molecular flexibility index (Phi) is 7.42. The van der Waals surface area contributed by atoms with Gasteiger partial charge in [-0.3, -0.25) is 0 Å². The molecule has 0 heterocycles. The Morgan fingerprint density at radius 3 is 1.24 bits per heavy atom. The Morgan fingerprint density at radius 2 is 0.973 bits per heavy atom. The molecule has 0 spiro atoms. The second kappa shape index (κ2) is 9.62. The number of rotatable bonds is 6. The summed E-state index contributed by atoms with van der Waals surface area (Å²) in [5, 5.41) is 0. The minimum atomic E-state index is -6.70. The van der Waals surface area contributed by atoms with Gasteiger partial charge in [0.15, 0.2) is 0 Å². The van der Waals surface area contributed by atoms with Crippen molar-refractivity contribution in [3.8, 4) is 0 Å². The molecule has 2 aromatic rings. The number of hydrogen-bond acceptors (Lipinski definition) is 0. The van der Waals surface area contributed by atoms with Crippen LogP contribution < -0.4 is 0 Å². The molecule has 0 nitrogen and oxygen atoms in total. The van der Waals surface area contributed by atoms with Crippen molar-refractivity contribution in [1.29, 1.82) is 0 Å². The molecule has 2 atom stereocenters. The number of allylic oxidation sites excluding steroid dienone is 2. The first-order valence-electron chi connectivity index (χ1n) is 14.2. The van der Waals surface area contributed by atoms with Gasteiger partial charge in [-0.1, -0.05) is 0 Å². The van der Waals surface area contributed by atoms with E-state index in [0.29, 0.717) is 11.8 Å². The van der Waals surface area contributed by atoms with Crippen LogP contribution in [0.15, 0.2) is 35.4 Å². The third-order valence-electron chi connectivity index (χ3n) is 9.04. The van der Waals surface area contributed by atoms with Gasteiger partial charge in [-0.15, -0.1) is 0 Å². The molecule has 4 rings (SSSR count). The molecule has 0 saturated carbocycles. The fraction of sp³-hybridized carbons (Fsp3) is 0.500. The van der Waals surface area contributed by atoms with E-state index in [9.17, 15) is 0 Å². The average Bonchev–Trinajstić information content (AvgIpc) is 3.33. The van der Waals surface area contributed by atoms with Crippen molar-refractivity contribution in [1.82, 2.24) is 0 Å². The van der Waals surface area contributed by atoms with E-state index in [4.69, 9.17) is 0 Å². The molecular formula is C34H46F2Zr. The summed E-state index contributed by atoms with van der Waals surface area (Å²) >= 11 is -6.70. The Balaban J connectivity index is 2.04. The fourth-order valence-electron chi connectivity index (χ4n) is 6.96. The van der Waals surface area contributed by atoms with Crippen LogP contribution in [0.3, 0.4) is 0 Å². The SMILES string of the molecule is C[CH]=[Zr]([F])([F])([CH]1C(C)=Cc2c(C(C)C)cc(C(C)C)cc21)[CH]1C(C)=Cc2c(C(C)C)cc(C(C)C)cc21. The second-order valence-electron chi connectivity index (χ2n) is 13.0. The standard InChI is InChI=1S/2C16H21.C2H4.2FH.Zr/c2*1-10(2)13-8-14-6-12(5)7-16(14)15(9-13)11(3)4;1-2;;;/h2*6-11H,1-5H3;1H,2H3;2*1H;/q;;;;;+2/p-2. The maximum absolute atomic E-state index is 18.2. The van der Waals surface area contributed by atoms with Gasteiger partial charge in [0.2, 0.25) is 0 Å². The van der Waals surface area contributed by atoms with E-state index in [0.717, 1.165) is 33.4 Å². The average molecular weight is 584 g/mol. The quantitative estimate of drug-likeness (QED) is 0.317. The fourth-order valence-corrected chi connectivity index (χ4v) is 18.2. The topological polar surface area (TPSA) is 0 Å². The van der Waals surface area contributed by atoms with Gasteiger partial charge >= 0.3 is 228 Å². The molecule has 0 amide bonds. The molecule has 0 aliphatic heterocycles. The molecule has 0 aromatic heterocycles. The van der Waals surface area contributed by atoms with E-state index in [1.54, 1.807) is 6.92 Å². The molecule has 0 bridgehead atoms. The van der Waals surface area contributed by atoms with Gasteiger partial charge in [-0.05, 0) is 0 Å². The monoisotopic (exact) mass is 582 g/mol. The Hall–Kier alpha value is -1.47. The molecule has 0 saturated heterocycles. The predicted octanol–water partition coefficient (Wildman–Crippen LogP) is 11.1. The van der Waals surface area contributed by atoms with E-state index in [1.165, 1.54) is 26.0 Å². The summed E-state index contributed by atoms with van der Waals surface area (Å²) in [4.78, 5) is 0. The van der Waals surface area contributed by atoms with Gasteiger partial charge in [0.25, 0.3) is 0 Å². The van der Waals surface area contributed by atoms with Crippen LogP contribution in [-0.2, 0) is 19.5 Å². The van der Waals surface area contributed by atoms with E-state index in [-0.39, 0.29) is 11.8 Å². The van der Waals surface area contributed by atoms with Gasteiger partial charge in [0, 0.05) is 0 Å². The first kappa shape index (κ1) is 28.5. The summed E-state index contributed by atoms with van der Waals surface area (Å²) in [5.41, 5.74) is 10.3. The van der Waals surface area contributed by atoms with Crippen LogP contribution in [0.25, 0.3) is 12.2 Å². The molecule has 0 N–H and O–H groups in total. The van der Waals surface area contributed by atoms with Crippen LogP contribution in [-0.4, -0.2) is 3.71 Å². The molecule has 0 radical (unpaired) electrons. The minimum absolute atomic E-state index is 0.289. The van der Waals surface area contributed by atoms with Crippen molar-refractivity contribution in [2.75, 3.05) is 0 Å². The zero-order valence-corrected chi connectivity index (χ0v) is 27.2. The number of hydrogen-bond donors (Lipinski definition) is 0. The van der Waals surface area contributed by atoms with Gasteiger partial charge in [-0.2, -0.15) is 0 Å². The van der Waals surface area contributed by atoms with Crippen molar-refractivity contribution < 1.29 is 24.8 Å². The zero-order valence-electron chi connectivity index (χ0n) is 24.8. The third kappa shape index (κ3) is 4.46. The molecule has 2 aliphatic rings. The summed E-state index contributed by atoms with van der Waals surface area (Å²) in [6.45, 7) is 23.0. The first-order valence-corrected chi connectivity index (χ1v) is 20.3. The molecular weight excluding hydrogens is 538 g/mol. The molecule has 2 aliphatic carbocycles. The van der Waals surface area contributed by atoms with Crippen LogP contribution in [0.5, 0.6) is 0 Å². The van der Waals surface area contributed by atoms with E-state index >= 15 is 5.25 Å². The number of fused-ring (bicyclic) bond motifs is 2. The second-order valence-corrected chi connectivity index (χ2v) is 23.3. The summed E-state index contributed by atoms with van der Waals surface area (Å²) in [5.74, 6) is 1.17. The van der Waals surface area contributed by atoms with Crippen molar-refractivity contribution in [2.24, 2.45) is 0 Å². The van der Waals surface area contributed by atoms with Crippen LogP contribution in [0, 0.1) is 0 Å². The normalized spacial score (nSPS) is 19.6. The van der Waals surface area contributed by atoms with Crippen LogP contribution in [0.1, 0.15) is 152 Å². The van der Waals surface area contributed by atoms with Gasteiger partial charge in [0.05, 0.1) is 0 Å². The van der Waals surface area contributed by atoms with Crippen molar-refractivity contribution >= 4 is 15.9 Å². The van der Waals surface area contributed by atoms with Crippen molar-refractivity contribution in [3.63, 3.8) is 0 Å². The van der Waals surface area contributed by atoms with Crippen molar-refractivity contribution in [3.05, 3.63) is 79.9 Å². The zero-order chi connectivity index (χ0) is 27.6. The summed E-state index contributed by atoms with van der Waals surface area (Å²) in [6, 6.07) is 8.77. The Morgan fingerprint density at radius 1 is 0.622 bits per heavy atom. The van der Waals surface area contributed by atoms with Gasteiger partial charge < -0.3 is 0 Å². The summed E-state index contributed by atoms with van der Waals surface area (Å²) < 4.78 is 36.3. The number of benzene rings is 2. The summed E-state index contributed by atoms with van der Waals surface area (Å²) in [6.07, 6.45) is 4.18. The molecule has 3 heteroatoms. The predicted molar refractivity (Wildman–Crippen MR) is 156 cm³/mol. The van der Waals surface area contributed by atoms with Gasteiger partial charge in [0.1, 0.15) is 0 Å². The Bertz CT molecular complexity index is 1280. The van der Waals surface area contributed by atoms with E-state index in [1.807, 2.05) is 13.8 Å². The van der Waals surface area contributed by atoms with Gasteiger partial charge in [-0.25, -0.2) is 0 Å². The molecule has 2 aromatic carbocycles.